The topological polar surface area (TPSA) is 54.2 Å². The number of nitrogens with one attached hydrogen (secondary N) is 1. The second kappa shape index (κ2) is 7.69. The SMILES string of the molecule is Cc1ccc2c(C)nc(N3CCCC(NCc4ccc(C)o4)CC3)nc2c1. The fourth-order valence-electron chi connectivity index (χ4n) is 3.85. The van der Waals surface area contributed by atoms with E-state index in [0.29, 0.717) is 6.04 Å². The lowest BCUT2D eigenvalue weighted by atomic mass is 10.1. The van der Waals surface area contributed by atoms with Gasteiger partial charge in [0, 0.05) is 24.5 Å². The Balaban J connectivity index is 1.44. The number of hydrogen-bond acceptors (Lipinski definition) is 5. The smallest absolute Gasteiger partial charge is 0.226 e. The van der Waals surface area contributed by atoms with Gasteiger partial charge in [-0.15, -0.1) is 0 Å². The Labute approximate surface area is 160 Å². The molecule has 0 bridgehead atoms. The minimum absolute atomic E-state index is 0.504. The average Bonchev–Trinajstić information content (AvgIpc) is 2.92. The maximum atomic E-state index is 5.67. The fraction of sp³-hybridized carbons (Fsp3) is 0.455. The van der Waals surface area contributed by atoms with E-state index in [4.69, 9.17) is 14.4 Å². The maximum absolute atomic E-state index is 5.67. The van der Waals surface area contributed by atoms with E-state index in [1.54, 1.807) is 0 Å². The molecule has 1 saturated heterocycles. The highest BCUT2D eigenvalue weighted by Crippen LogP contribution is 2.22. The molecule has 0 spiro atoms. The molecule has 1 aliphatic heterocycles. The molecule has 1 unspecified atom stereocenters. The maximum Gasteiger partial charge on any atom is 0.226 e. The van der Waals surface area contributed by atoms with Gasteiger partial charge in [0.05, 0.1) is 17.8 Å². The van der Waals surface area contributed by atoms with Crippen molar-refractivity contribution in [2.24, 2.45) is 0 Å². The lowest BCUT2D eigenvalue weighted by molar-refractivity contribution is 0.413. The van der Waals surface area contributed by atoms with Crippen molar-refractivity contribution in [1.29, 1.82) is 0 Å². The van der Waals surface area contributed by atoms with E-state index in [-0.39, 0.29) is 0 Å². The fourth-order valence-corrected chi connectivity index (χ4v) is 3.85. The summed E-state index contributed by atoms with van der Waals surface area (Å²) in [4.78, 5) is 12.0. The zero-order valence-corrected chi connectivity index (χ0v) is 16.5. The van der Waals surface area contributed by atoms with Gasteiger partial charge >= 0.3 is 0 Å². The van der Waals surface area contributed by atoms with E-state index in [9.17, 15) is 0 Å². The van der Waals surface area contributed by atoms with Crippen molar-refractivity contribution in [3.05, 3.63) is 53.1 Å². The molecular weight excluding hydrogens is 336 g/mol. The predicted octanol–water partition coefficient (Wildman–Crippen LogP) is 4.30. The highest BCUT2D eigenvalue weighted by molar-refractivity contribution is 5.82. The van der Waals surface area contributed by atoms with Gasteiger partial charge < -0.3 is 14.6 Å². The minimum Gasteiger partial charge on any atom is -0.465 e. The van der Waals surface area contributed by atoms with E-state index in [1.807, 2.05) is 13.0 Å². The molecule has 5 nitrogen and oxygen atoms in total. The molecule has 0 radical (unpaired) electrons. The summed E-state index contributed by atoms with van der Waals surface area (Å²) in [5.74, 6) is 2.85. The Bertz CT molecular complexity index is 933. The number of aryl methyl sites for hydroxylation is 3. The van der Waals surface area contributed by atoms with Crippen molar-refractivity contribution < 1.29 is 4.42 Å². The quantitative estimate of drug-likeness (QED) is 0.748. The van der Waals surface area contributed by atoms with Crippen LogP contribution < -0.4 is 10.2 Å². The minimum atomic E-state index is 0.504. The standard InChI is InChI=1S/C22H28N4O/c1-15-6-9-20-17(3)24-22(25-21(20)13-15)26-11-4-5-18(10-12-26)23-14-19-8-7-16(2)27-19/h6-9,13,18,23H,4-5,10-12,14H2,1-3H3. The van der Waals surface area contributed by atoms with Crippen molar-refractivity contribution in [2.75, 3.05) is 18.0 Å². The van der Waals surface area contributed by atoms with Gasteiger partial charge in [0.1, 0.15) is 11.5 Å². The lowest BCUT2D eigenvalue weighted by Gasteiger charge is -2.21. The molecule has 0 saturated carbocycles. The van der Waals surface area contributed by atoms with Gasteiger partial charge in [-0.2, -0.15) is 0 Å². The number of nitrogens with zero attached hydrogens (tertiary/aromatic N) is 3. The highest BCUT2D eigenvalue weighted by Gasteiger charge is 2.19. The van der Waals surface area contributed by atoms with Crippen molar-refractivity contribution in [1.82, 2.24) is 15.3 Å². The third kappa shape index (κ3) is 4.14. The second-order valence-corrected chi connectivity index (χ2v) is 7.64. The van der Waals surface area contributed by atoms with Gasteiger partial charge in [-0.1, -0.05) is 12.1 Å². The number of hydrogen-bond donors (Lipinski definition) is 1. The van der Waals surface area contributed by atoms with Crippen molar-refractivity contribution >= 4 is 16.9 Å². The molecule has 0 amide bonds. The van der Waals surface area contributed by atoms with E-state index in [0.717, 1.165) is 66.5 Å². The Morgan fingerprint density at radius 2 is 1.96 bits per heavy atom. The molecular formula is C22H28N4O. The van der Waals surface area contributed by atoms with E-state index < -0.39 is 0 Å². The van der Waals surface area contributed by atoms with Crippen LogP contribution in [0.5, 0.6) is 0 Å². The van der Waals surface area contributed by atoms with Gasteiger partial charge in [0.2, 0.25) is 5.95 Å². The number of furan rings is 1. The van der Waals surface area contributed by atoms with Gasteiger partial charge in [-0.25, -0.2) is 9.97 Å². The molecule has 3 aromatic rings. The van der Waals surface area contributed by atoms with E-state index in [2.05, 4.69) is 48.3 Å². The van der Waals surface area contributed by atoms with Crippen LogP contribution in [0.1, 0.15) is 42.0 Å². The summed E-state index contributed by atoms with van der Waals surface area (Å²) < 4.78 is 5.67. The summed E-state index contributed by atoms with van der Waals surface area (Å²) >= 11 is 0. The first-order valence-corrected chi connectivity index (χ1v) is 9.87. The summed E-state index contributed by atoms with van der Waals surface area (Å²) in [7, 11) is 0. The molecule has 1 atom stereocenters. The van der Waals surface area contributed by atoms with E-state index in [1.165, 1.54) is 12.0 Å². The first-order chi connectivity index (χ1) is 13.1. The molecule has 4 rings (SSSR count). The third-order valence-corrected chi connectivity index (χ3v) is 5.40. The Morgan fingerprint density at radius 3 is 2.78 bits per heavy atom. The number of fused-ring (bicyclic) bond motifs is 1. The summed E-state index contributed by atoms with van der Waals surface area (Å²) in [6, 6.07) is 11.0. The predicted molar refractivity (Wildman–Crippen MR) is 109 cm³/mol. The summed E-state index contributed by atoms with van der Waals surface area (Å²) in [6.45, 7) is 8.96. The molecule has 0 aliphatic carbocycles. The van der Waals surface area contributed by atoms with Crippen LogP contribution in [0.4, 0.5) is 5.95 Å². The van der Waals surface area contributed by atoms with Crippen LogP contribution in [0, 0.1) is 20.8 Å². The van der Waals surface area contributed by atoms with Crippen molar-refractivity contribution in [3.63, 3.8) is 0 Å². The monoisotopic (exact) mass is 364 g/mol. The number of aromatic nitrogens is 2. The molecule has 1 fully saturated rings. The summed E-state index contributed by atoms with van der Waals surface area (Å²) in [5, 5.41) is 4.80. The van der Waals surface area contributed by atoms with Crippen LogP contribution >= 0.6 is 0 Å². The van der Waals surface area contributed by atoms with Crippen molar-refractivity contribution in [2.45, 2.75) is 52.6 Å². The van der Waals surface area contributed by atoms with Crippen LogP contribution in [0.15, 0.2) is 34.7 Å². The van der Waals surface area contributed by atoms with Crippen LogP contribution in [0.2, 0.25) is 0 Å². The third-order valence-electron chi connectivity index (χ3n) is 5.40. The molecule has 3 heterocycles. The first-order valence-electron chi connectivity index (χ1n) is 9.87. The molecule has 1 aliphatic rings. The van der Waals surface area contributed by atoms with Crippen LogP contribution in [0.25, 0.3) is 10.9 Å². The first kappa shape index (κ1) is 18.0. The zero-order chi connectivity index (χ0) is 18.8. The van der Waals surface area contributed by atoms with Gasteiger partial charge in [-0.05, 0) is 63.8 Å². The van der Waals surface area contributed by atoms with Crippen LogP contribution in [-0.4, -0.2) is 29.1 Å². The molecule has 27 heavy (non-hydrogen) atoms. The largest absolute Gasteiger partial charge is 0.465 e. The summed E-state index contributed by atoms with van der Waals surface area (Å²) in [6.07, 6.45) is 3.40. The Kier molecular flexibility index (Phi) is 5.12. The highest BCUT2D eigenvalue weighted by atomic mass is 16.3. The molecule has 142 valence electrons. The number of benzene rings is 1. The van der Waals surface area contributed by atoms with Crippen LogP contribution in [0.3, 0.4) is 0 Å². The van der Waals surface area contributed by atoms with E-state index >= 15 is 0 Å². The lowest BCUT2D eigenvalue weighted by Crippen LogP contribution is -2.31. The normalized spacial score (nSPS) is 18.0. The van der Waals surface area contributed by atoms with Gasteiger partial charge in [0.25, 0.3) is 0 Å². The average molecular weight is 364 g/mol. The molecule has 1 N–H and O–H groups in total. The van der Waals surface area contributed by atoms with Crippen molar-refractivity contribution in [3.8, 4) is 0 Å². The van der Waals surface area contributed by atoms with Crippen LogP contribution in [-0.2, 0) is 6.54 Å². The Morgan fingerprint density at radius 1 is 1.07 bits per heavy atom. The molecule has 1 aromatic carbocycles. The molecule has 2 aromatic heterocycles. The zero-order valence-electron chi connectivity index (χ0n) is 16.5. The number of anilines is 1. The van der Waals surface area contributed by atoms with Gasteiger partial charge in [0.15, 0.2) is 0 Å². The van der Waals surface area contributed by atoms with Gasteiger partial charge in [-0.3, -0.25) is 0 Å². The summed E-state index contributed by atoms with van der Waals surface area (Å²) in [5.41, 5.74) is 3.34. The second-order valence-electron chi connectivity index (χ2n) is 7.64. The molecule has 5 heteroatoms. The number of rotatable bonds is 4. The Hall–Kier alpha value is -2.40.